The highest BCUT2D eigenvalue weighted by Crippen LogP contribution is 2.36. The number of thiophene rings is 1. The first kappa shape index (κ1) is 22.4. The molecule has 0 atom stereocenters. The van der Waals surface area contributed by atoms with Gasteiger partial charge in [0.1, 0.15) is 4.21 Å². The molecular formula is C20H18Cl2N2O4S3. The summed E-state index contributed by atoms with van der Waals surface area (Å²) in [5, 5.41) is 1.80. The third-order valence-corrected chi connectivity index (χ3v) is 9.79. The van der Waals surface area contributed by atoms with Gasteiger partial charge in [-0.3, -0.25) is 9.44 Å². The fourth-order valence-corrected chi connectivity index (χ4v) is 6.92. The maximum absolute atomic E-state index is 13.1. The molecule has 0 unspecified atom stereocenters. The number of sulfonamides is 2. The minimum atomic E-state index is -3.99. The van der Waals surface area contributed by atoms with Crippen molar-refractivity contribution in [2.45, 2.75) is 34.8 Å². The van der Waals surface area contributed by atoms with Crippen molar-refractivity contribution in [3.63, 3.8) is 0 Å². The van der Waals surface area contributed by atoms with Crippen LogP contribution >= 0.6 is 34.5 Å². The summed E-state index contributed by atoms with van der Waals surface area (Å²) in [6.07, 6.45) is 3.88. The van der Waals surface area contributed by atoms with Gasteiger partial charge in [-0.2, -0.15) is 0 Å². The molecule has 0 radical (unpaired) electrons. The molecule has 0 bridgehead atoms. The monoisotopic (exact) mass is 516 g/mol. The van der Waals surface area contributed by atoms with Crippen LogP contribution in [0.5, 0.6) is 0 Å². The predicted octanol–water partition coefficient (Wildman–Crippen LogP) is 5.54. The number of fused-ring (bicyclic) bond motifs is 1. The van der Waals surface area contributed by atoms with E-state index in [4.69, 9.17) is 23.2 Å². The van der Waals surface area contributed by atoms with E-state index in [9.17, 15) is 16.8 Å². The summed E-state index contributed by atoms with van der Waals surface area (Å²) in [6, 6.07) is 10.7. The predicted molar refractivity (Wildman–Crippen MR) is 125 cm³/mol. The second-order valence-corrected chi connectivity index (χ2v) is 12.4. The molecule has 1 aromatic heterocycles. The van der Waals surface area contributed by atoms with Crippen molar-refractivity contribution in [1.29, 1.82) is 0 Å². The fraction of sp³-hybridized carbons (Fsp3) is 0.200. The van der Waals surface area contributed by atoms with Crippen molar-refractivity contribution >= 4 is 66.0 Å². The Bertz CT molecular complexity index is 1340. The van der Waals surface area contributed by atoms with Gasteiger partial charge in [0.05, 0.1) is 26.3 Å². The maximum atomic E-state index is 13.1. The largest absolute Gasteiger partial charge is 0.277 e. The van der Waals surface area contributed by atoms with E-state index >= 15 is 0 Å². The molecule has 6 nitrogen and oxygen atoms in total. The van der Waals surface area contributed by atoms with E-state index in [1.807, 2.05) is 6.07 Å². The van der Waals surface area contributed by atoms with Crippen LogP contribution in [0.25, 0.3) is 0 Å². The van der Waals surface area contributed by atoms with Gasteiger partial charge in [0, 0.05) is 0 Å². The molecule has 3 aromatic rings. The van der Waals surface area contributed by atoms with Crippen LogP contribution in [0.4, 0.5) is 11.4 Å². The molecule has 1 heterocycles. The molecule has 0 saturated carbocycles. The van der Waals surface area contributed by atoms with Gasteiger partial charge >= 0.3 is 0 Å². The Morgan fingerprint density at radius 2 is 1.39 bits per heavy atom. The standard InChI is InChI=1S/C20H18Cl2N2O4S3/c21-16-11-18(19(12-17(16)22)24-31(27,28)20-6-3-9-29-20)23-30(25,26)15-8-7-13-4-1-2-5-14(13)10-15/h3,6-12,23-24H,1-2,4-5H2. The smallest absolute Gasteiger partial charge is 0.271 e. The van der Waals surface area contributed by atoms with Crippen molar-refractivity contribution in [3.05, 3.63) is 69.0 Å². The molecule has 31 heavy (non-hydrogen) atoms. The first-order valence-electron chi connectivity index (χ1n) is 9.36. The van der Waals surface area contributed by atoms with Crippen LogP contribution in [0.3, 0.4) is 0 Å². The van der Waals surface area contributed by atoms with Crippen molar-refractivity contribution in [2.75, 3.05) is 9.44 Å². The van der Waals surface area contributed by atoms with E-state index in [0.29, 0.717) is 0 Å². The normalized spacial score (nSPS) is 14.1. The molecular weight excluding hydrogens is 499 g/mol. The van der Waals surface area contributed by atoms with Gasteiger partial charge in [-0.1, -0.05) is 35.3 Å². The number of hydrogen-bond donors (Lipinski definition) is 2. The molecule has 0 spiro atoms. The summed E-state index contributed by atoms with van der Waals surface area (Å²) >= 11 is 13.2. The van der Waals surface area contributed by atoms with Gasteiger partial charge in [-0.25, -0.2) is 16.8 Å². The molecule has 0 amide bonds. The number of aryl methyl sites for hydroxylation is 2. The lowest BCUT2D eigenvalue weighted by atomic mass is 9.92. The zero-order valence-corrected chi connectivity index (χ0v) is 20.0. The SMILES string of the molecule is O=S(=O)(Nc1cc(Cl)c(Cl)cc1NS(=O)(=O)c1cccs1)c1ccc2c(c1)CCCC2. The lowest BCUT2D eigenvalue weighted by molar-refractivity contribution is 0.599. The first-order chi connectivity index (χ1) is 14.7. The van der Waals surface area contributed by atoms with Crippen LogP contribution in [0.2, 0.25) is 10.0 Å². The summed E-state index contributed by atoms with van der Waals surface area (Å²) in [5.41, 5.74) is 2.13. The van der Waals surface area contributed by atoms with Crippen LogP contribution < -0.4 is 9.44 Å². The fourth-order valence-electron chi connectivity index (χ4n) is 3.41. The van der Waals surface area contributed by atoms with Gasteiger partial charge in [0.15, 0.2) is 0 Å². The number of anilines is 2. The summed E-state index contributed by atoms with van der Waals surface area (Å²) < 4.78 is 56.4. The zero-order valence-electron chi connectivity index (χ0n) is 16.1. The number of hydrogen-bond acceptors (Lipinski definition) is 5. The topological polar surface area (TPSA) is 92.3 Å². The minimum Gasteiger partial charge on any atom is -0.277 e. The molecule has 0 aliphatic heterocycles. The molecule has 164 valence electrons. The Morgan fingerprint density at radius 1 is 0.774 bits per heavy atom. The third kappa shape index (κ3) is 4.85. The summed E-state index contributed by atoms with van der Waals surface area (Å²) in [7, 11) is -7.91. The number of benzene rings is 2. The van der Waals surface area contributed by atoms with E-state index in [0.717, 1.165) is 48.1 Å². The van der Waals surface area contributed by atoms with Crippen molar-refractivity contribution in [3.8, 4) is 0 Å². The minimum absolute atomic E-state index is 0.0211. The number of rotatable bonds is 6. The molecule has 2 aromatic carbocycles. The first-order valence-corrected chi connectivity index (χ1v) is 14.0. The van der Waals surface area contributed by atoms with Crippen LogP contribution in [0.1, 0.15) is 24.0 Å². The van der Waals surface area contributed by atoms with E-state index in [2.05, 4.69) is 9.44 Å². The summed E-state index contributed by atoms with van der Waals surface area (Å²) in [4.78, 5) is 0.103. The molecule has 1 aliphatic carbocycles. The van der Waals surface area contributed by atoms with E-state index in [1.54, 1.807) is 23.6 Å². The molecule has 2 N–H and O–H groups in total. The van der Waals surface area contributed by atoms with E-state index in [-0.39, 0.29) is 30.5 Å². The van der Waals surface area contributed by atoms with Gasteiger partial charge < -0.3 is 0 Å². The molecule has 0 saturated heterocycles. The highest BCUT2D eigenvalue weighted by atomic mass is 35.5. The van der Waals surface area contributed by atoms with Crippen LogP contribution in [0.15, 0.2) is 56.9 Å². The van der Waals surface area contributed by atoms with Gasteiger partial charge in [-0.15, -0.1) is 11.3 Å². The lowest BCUT2D eigenvalue weighted by Crippen LogP contribution is -2.18. The average Bonchev–Trinajstić information content (AvgIpc) is 3.27. The van der Waals surface area contributed by atoms with Crippen molar-refractivity contribution in [1.82, 2.24) is 0 Å². The average molecular weight is 517 g/mol. The molecule has 4 rings (SSSR count). The quantitative estimate of drug-likeness (QED) is 0.450. The third-order valence-electron chi connectivity index (χ3n) is 4.94. The van der Waals surface area contributed by atoms with Gasteiger partial charge in [-0.05, 0) is 72.5 Å². The Morgan fingerprint density at radius 3 is 2.00 bits per heavy atom. The Balaban J connectivity index is 1.70. The van der Waals surface area contributed by atoms with Crippen LogP contribution in [-0.4, -0.2) is 16.8 Å². The Kier molecular flexibility index (Phi) is 6.24. The second-order valence-electron chi connectivity index (χ2n) is 7.09. The maximum Gasteiger partial charge on any atom is 0.271 e. The van der Waals surface area contributed by atoms with Crippen LogP contribution in [-0.2, 0) is 32.9 Å². The highest BCUT2D eigenvalue weighted by Gasteiger charge is 2.23. The summed E-state index contributed by atoms with van der Waals surface area (Å²) in [6.45, 7) is 0. The Labute approximate surface area is 195 Å². The van der Waals surface area contributed by atoms with E-state index in [1.165, 1.54) is 18.2 Å². The highest BCUT2D eigenvalue weighted by molar-refractivity contribution is 7.94. The lowest BCUT2D eigenvalue weighted by Gasteiger charge is -2.18. The molecule has 0 fully saturated rings. The number of halogens is 2. The van der Waals surface area contributed by atoms with Crippen LogP contribution in [0, 0.1) is 0 Å². The zero-order chi connectivity index (χ0) is 22.2. The van der Waals surface area contributed by atoms with Gasteiger partial charge in [0.2, 0.25) is 0 Å². The van der Waals surface area contributed by atoms with E-state index < -0.39 is 20.0 Å². The second kappa shape index (κ2) is 8.63. The van der Waals surface area contributed by atoms with Crippen molar-refractivity contribution in [2.24, 2.45) is 0 Å². The van der Waals surface area contributed by atoms with Crippen molar-refractivity contribution < 1.29 is 16.8 Å². The molecule has 11 heteroatoms. The summed E-state index contributed by atoms with van der Waals surface area (Å²) in [5.74, 6) is 0. The molecule has 1 aliphatic rings. The number of nitrogens with one attached hydrogen (secondary N) is 2. The Hall–Kier alpha value is -1.78. The van der Waals surface area contributed by atoms with Gasteiger partial charge in [0.25, 0.3) is 20.0 Å².